The zero-order valence-electron chi connectivity index (χ0n) is 11.6. The Labute approximate surface area is 123 Å². The highest BCUT2D eigenvalue weighted by molar-refractivity contribution is 5.69. The van der Waals surface area contributed by atoms with Crippen molar-refractivity contribution in [3.63, 3.8) is 0 Å². The maximum atomic E-state index is 10.7. The van der Waals surface area contributed by atoms with Crippen molar-refractivity contribution in [2.45, 2.75) is 6.92 Å². The largest absolute Gasteiger partial charge is 0.493 e. The molecule has 2 rings (SSSR count). The van der Waals surface area contributed by atoms with Gasteiger partial charge in [0, 0.05) is 0 Å². The molecule has 0 radical (unpaired) electrons. The number of hydrogen-bond acceptors (Lipinski definition) is 3. The molecule has 2 aromatic carbocycles. The predicted octanol–water partition coefficient (Wildman–Crippen LogP) is 3.32. The van der Waals surface area contributed by atoms with Crippen molar-refractivity contribution in [1.29, 1.82) is 5.26 Å². The van der Waals surface area contributed by atoms with E-state index in [1.807, 2.05) is 36.4 Å². The van der Waals surface area contributed by atoms with Crippen LogP contribution in [0.1, 0.15) is 12.5 Å². The number of aliphatic carboxylic acids is 1. The fourth-order valence-electron chi connectivity index (χ4n) is 1.77. The monoisotopic (exact) mass is 281 g/mol. The molecule has 0 bridgehead atoms. The fraction of sp³-hybridized carbons (Fsp3) is 0.176. The molecule has 4 heteroatoms. The van der Waals surface area contributed by atoms with Gasteiger partial charge in [0.05, 0.1) is 17.6 Å². The van der Waals surface area contributed by atoms with Gasteiger partial charge in [0.2, 0.25) is 0 Å². The van der Waals surface area contributed by atoms with Gasteiger partial charge in [-0.05, 0) is 42.3 Å². The van der Waals surface area contributed by atoms with E-state index in [1.54, 1.807) is 19.1 Å². The number of nitrogens with zero attached hydrogens (tertiary/aromatic N) is 1. The van der Waals surface area contributed by atoms with Crippen molar-refractivity contribution in [1.82, 2.24) is 0 Å². The average Bonchev–Trinajstić information content (AvgIpc) is 2.53. The summed E-state index contributed by atoms with van der Waals surface area (Å²) < 4.78 is 5.43. The van der Waals surface area contributed by atoms with Crippen molar-refractivity contribution in [2.24, 2.45) is 5.92 Å². The van der Waals surface area contributed by atoms with Crippen LogP contribution in [-0.2, 0) is 4.79 Å². The van der Waals surface area contributed by atoms with E-state index in [1.165, 1.54) is 0 Å². The Hall–Kier alpha value is -2.80. The number of hydrogen-bond donors (Lipinski definition) is 1. The van der Waals surface area contributed by atoms with Crippen molar-refractivity contribution in [3.8, 4) is 22.9 Å². The van der Waals surface area contributed by atoms with Crippen molar-refractivity contribution in [3.05, 3.63) is 54.1 Å². The van der Waals surface area contributed by atoms with E-state index in [4.69, 9.17) is 15.1 Å². The quantitative estimate of drug-likeness (QED) is 0.912. The van der Waals surface area contributed by atoms with Crippen molar-refractivity contribution in [2.75, 3.05) is 6.61 Å². The Morgan fingerprint density at radius 3 is 2.14 bits per heavy atom. The van der Waals surface area contributed by atoms with Crippen LogP contribution in [0.5, 0.6) is 5.75 Å². The molecular formula is C17H15NO3. The highest BCUT2D eigenvalue weighted by Crippen LogP contribution is 2.23. The first kappa shape index (κ1) is 14.6. The fourth-order valence-corrected chi connectivity index (χ4v) is 1.77. The first-order valence-electron chi connectivity index (χ1n) is 6.56. The Bertz CT molecular complexity index is 654. The van der Waals surface area contributed by atoms with Crippen LogP contribution in [0, 0.1) is 17.2 Å². The Balaban J connectivity index is 2.04. The van der Waals surface area contributed by atoms with Crippen LogP contribution < -0.4 is 4.74 Å². The molecule has 0 aliphatic heterocycles. The molecule has 1 N–H and O–H groups in total. The van der Waals surface area contributed by atoms with E-state index in [9.17, 15) is 4.79 Å². The molecule has 0 saturated carbocycles. The summed E-state index contributed by atoms with van der Waals surface area (Å²) in [6.45, 7) is 1.75. The molecule has 0 spiro atoms. The third kappa shape index (κ3) is 3.83. The van der Waals surface area contributed by atoms with Gasteiger partial charge in [-0.3, -0.25) is 4.79 Å². The summed E-state index contributed by atoms with van der Waals surface area (Å²) in [5, 5.41) is 17.6. The van der Waals surface area contributed by atoms with Gasteiger partial charge in [0.15, 0.2) is 0 Å². The summed E-state index contributed by atoms with van der Waals surface area (Å²) in [4.78, 5) is 10.7. The van der Waals surface area contributed by atoms with E-state index in [0.29, 0.717) is 11.3 Å². The summed E-state index contributed by atoms with van der Waals surface area (Å²) in [7, 11) is 0. The normalized spacial score (nSPS) is 11.4. The first-order valence-corrected chi connectivity index (χ1v) is 6.56. The van der Waals surface area contributed by atoms with Gasteiger partial charge in [-0.25, -0.2) is 0 Å². The third-order valence-corrected chi connectivity index (χ3v) is 3.12. The van der Waals surface area contributed by atoms with Gasteiger partial charge in [0.25, 0.3) is 0 Å². The lowest BCUT2D eigenvalue weighted by atomic mass is 10.0. The van der Waals surface area contributed by atoms with Crippen LogP contribution in [0.2, 0.25) is 0 Å². The van der Waals surface area contributed by atoms with Crippen LogP contribution in [0.25, 0.3) is 11.1 Å². The Morgan fingerprint density at radius 2 is 1.67 bits per heavy atom. The summed E-state index contributed by atoms with van der Waals surface area (Å²) in [5.74, 6) is -0.770. The van der Waals surface area contributed by atoms with E-state index < -0.39 is 11.9 Å². The zero-order chi connectivity index (χ0) is 15.2. The van der Waals surface area contributed by atoms with Crippen LogP contribution in [0.15, 0.2) is 48.5 Å². The van der Waals surface area contributed by atoms with E-state index in [2.05, 4.69) is 6.07 Å². The molecule has 0 fully saturated rings. The van der Waals surface area contributed by atoms with Crippen LogP contribution in [0.4, 0.5) is 0 Å². The molecule has 0 aliphatic rings. The standard InChI is InChI=1S/C17H15NO3/c1-12(17(19)20)11-21-16-8-6-15(7-9-16)14-4-2-13(10-18)3-5-14/h2-9,12H,11H2,1H3,(H,19,20). The maximum absolute atomic E-state index is 10.7. The predicted molar refractivity (Wildman–Crippen MR) is 78.9 cm³/mol. The third-order valence-electron chi connectivity index (χ3n) is 3.12. The molecule has 0 amide bonds. The number of nitriles is 1. The van der Waals surface area contributed by atoms with Gasteiger partial charge in [0.1, 0.15) is 12.4 Å². The van der Waals surface area contributed by atoms with E-state index in [-0.39, 0.29) is 6.61 Å². The number of carboxylic acids is 1. The minimum absolute atomic E-state index is 0.144. The van der Waals surface area contributed by atoms with Gasteiger partial charge in [-0.15, -0.1) is 0 Å². The molecule has 106 valence electrons. The first-order chi connectivity index (χ1) is 10.1. The molecule has 1 atom stereocenters. The van der Waals surface area contributed by atoms with Crippen LogP contribution in [0.3, 0.4) is 0 Å². The molecular weight excluding hydrogens is 266 g/mol. The van der Waals surface area contributed by atoms with Crippen LogP contribution in [-0.4, -0.2) is 17.7 Å². The molecule has 1 unspecified atom stereocenters. The molecule has 0 aromatic heterocycles. The minimum atomic E-state index is -0.871. The second-order valence-corrected chi connectivity index (χ2v) is 4.76. The number of carbonyl (C=O) groups is 1. The summed E-state index contributed by atoms with van der Waals surface area (Å²) in [5.41, 5.74) is 2.65. The second-order valence-electron chi connectivity index (χ2n) is 4.76. The van der Waals surface area contributed by atoms with Gasteiger partial charge in [-0.1, -0.05) is 24.3 Å². The number of benzene rings is 2. The van der Waals surface area contributed by atoms with Crippen molar-refractivity contribution >= 4 is 5.97 Å². The number of rotatable bonds is 5. The highest BCUT2D eigenvalue weighted by Gasteiger charge is 2.11. The second kappa shape index (κ2) is 6.58. The topological polar surface area (TPSA) is 70.3 Å². The van der Waals surface area contributed by atoms with Gasteiger partial charge in [-0.2, -0.15) is 5.26 Å². The molecule has 0 saturated heterocycles. The molecule has 21 heavy (non-hydrogen) atoms. The lowest BCUT2D eigenvalue weighted by Gasteiger charge is -2.10. The SMILES string of the molecule is CC(COc1ccc(-c2ccc(C#N)cc2)cc1)C(=O)O. The average molecular weight is 281 g/mol. The Morgan fingerprint density at radius 1 is 1.14 bits per heavy atom. The highest BCUT2D eigenvalue weighted by atomic mass is 16.5. The molecule has 0 heterocycles. The molecule has 0 aliphatic carbocycles. The van der Waals surface area contributed by atoms with E-state index in [0.717, 1.165) is 11.1 Å². The lowest BCUT2D eigenvalue weighted by Crippen LogP contribution is -2.17. The summed E-state index contributed by atoms with van der Waals surface area (Å²) in [6, 6.07) is 16.8. The van der Waals surface area contributed by atoms with E-state index >= 15 is 0 Å². The maximum Gasteiger partial charge on any atom is 0.309 e. The van der Waals surface area contributed by atoms with Crippen LogP contribution >= 0.6 is 0 Å². The Kier molecular flexibility index (Phi) is 4.57. The molecule has 2 aromatic rings. The summed E-state index contributed by atoms with van der Waals surface area (Å²) in [6.07, 6.45) is 0. The summed E-state index contributed by atoms with van der Waals surface area (Å²) >= 11 is 0. The number of ether oxygens (including phenoxy) is 1. The van der Waals surface area contributed by atoms with Gasteiger partial charge >= 0.3 is 5.97 Å². The zero-order valence-corrected chi connectivity index (χ0v) is 11.6. The van der Waals surface area contributed by atoms with Gasteiger partial charge < -0.3 is 9.84 Å². The smallest absolute Gasteiger partial charge is 0.309 e. The molecule has 4 nitrogen and oxygen atoms in total. The number of carboxylic acid groups (broad SMARTS) is 1. The minimum Gasteiger partial charge on any atom is -0.493 e. The lowest BCUT2D eigenvalue weighted by molar-refractivity contribution is -0.142. The van der Waals surface area contributed by atoms with Crippen molar-refractivity contribution < 1.29 is 14.6 Å².